The maximum absolute atomic E-state index is 11.8. The zero-order chi connectivity index (χ0) is 17.6. The van der Waals surface area contributed by atoms with Crippen molar-refractivity contribution in [3.63, 3.8) is 0 Å². The van der Waals surface area contributed by atoms with E-state index >= 15 is 0 Å². The summed E-state index contributed by atoms with van der Waals surface area (Å²) in [6.07, 6.45) is 5.91. The molecule has 1 unspecified atom stereocenters. The summed E-state index contributed by atoms with van der Waals surface area (Å²) in [6, 6.07) is -1.10. The first-order valence-electron chi connectivity index (χ1n) is 8.29. The van der Waals surface area contributed by atoms with Crippen LogP contribution in [0.25, 0.3) is 0 Å². The number of rotatable bonds is 8. The van der Waals surface area contributed by atoms with Gasteiger partial charge >= 0.3 is 5.97 Å². The van der Waals surface area contributed by atoms with E-state index in [1.54, 1.807) is 7.11 Å². The molecular weight excluding hydrogens is 296 g/mol. The van der Waals surface area contributed by atoms with Crippen LogP contribution in [0.4, 0.5) is 0 Å². The monoisotopic (exact) mass is 326 g/mol. The van der Waals surface area contributed by atoms with Crippen molar-refractivity contribution >= 4 is 11.9 Å². The highest BCUT2D eigenvalue weighted by Gasteiger charge is 2.48. The molecule has 4 atom stereocenters. The van der Waals surface area contributed by atoms with E-state index in [2.05, 4.69) is 10.6 Å². The number of methoxy groups -OCH3 is 1. The average Bonchev–Trinajstić information content (AvgIpc) is 2.92. The van der Waals surface area contributed by atoms with E-state index in [4.69, 9.17) is 4.74 Å². The van der Waals surface area contributed by atoms with Crippen LogP contribution in [0.3, 0.4) is 0 Å². The van der Waals surface area contributed by atoms with Crippen molar-refractivity contribution in [1.29, 1.82) is 0 Å². The standard InChI is InChI=1S/C17H30N2O4/c1-6-9-12-10-13(16(21)22)19-14(12)15(18-11(4)20)17(7-2,8-3)23-5/h6,9,12-15,19H,7-8,10H2,1-5H3,(H,18,20)(H,21,22)/b9-6-/t12-,13-,14-,15?/m1/s1. The SMILES string of the molecule is C/C=C\[C@@H]1C[C@H](C(=O)O)N[C@H]1C(NC(C)=O)C(CC)(CC)OC. The average molecular weight is 326 g/mol. The summed E-state index contributed by atoms with van der Waals surface area (Å²) in [5, 5.41) is 15.6. The first-order chi connectivity index (χ1) is 10.8. The van der Waals surface area contributed by atoms with E-state index in [0.717, 1.165) is 12.8 Å². The molecule has 0 aromatic carbocycles. The summed E-state index contributed by atoms with van der Waals surface area (Å²) in [6.45, 7) is 7.45. The zero-order valence-electron chi connectivity index (χ0n) is 14.8. The highest BCUT2D eigenvalue weighted by atomic mass is 16.5. The van der Waals surface area contributed by atoms with Crippen LogP contribution in [0.5, 0.6) is 0 Å². The Hall–Kier alpha value is -1.40. The second-order valence-corrected chi connectivity index (χ2v) is 6.16. The summed E-state index contributed by atoms with van der Waals surface area (Å²) in [7, 11) is 1.65. The summed E-state index contributed by atoms with van der Waals surface area (Å²) < 4.78 is 5.81. The topological polar surface area (TPSA) is 87.7 Å². The predicted molar refractivity (Wildman–Crippen MR) is 89.2 cm³/mol. The normalized spacial score (nSPS) is 26.4. The Morgan fingerprint density at radius 3 is 2.43 bits per heavy atom. The lowest BCUT2D eigenvalue weighted by atomic mass is 9.79. The van der Waals surface area contributed by atoms with Crippen LogP contribution in [0.15, 0.2) is 12.2 Å². The minimum atomic E-state index is -0.861. The van der Waals surface area contributed by atoms with Gasteiger partial charge < -0.3 is 15.2 Å². The molecule has 0 bridgehead atoms. The van der Waals surface area contributed by atoms with Crippen molar-refractivity contribution < 1.29 is 19.4 Å². The third kappa shape index (κ3) is 4.32. The van der Waals surface area contributed by atoms with Crippen molar-refractivity contribution in [3.8, 4) is 0 Å². The molecule has 132 valence electrons. The summed E-state index contributed by atoms with van der Waals surface area (Å²) in [5.41, 5.74) is -0.531. The van der Waals surface area contributed by atoms with Crippen LogP contribution >= 0.6 is 0 Å². The summed E-state index contributed by atoms with van der Waals surface area (Å²) >= 11 is 0. The summed E-state index contributed by atoms with van der Waals surface area (Å²) in [5.74, 6) is -0.969. The first kappa shape index (κ1) is 19.6. The predicted octanol–water partition coefficient (Wildman–Crippen LogP) is 1.70. The number of carbonyl (C=O) groups excluding carboxylic acids is 1. The molecule has 0 aliphatic carbocycles. The van der Waals surface area contributed by atoms with E-state index in [1.807, 2.05) is 32.9 Å². The third-order valence-electron chi connectivity index (χ3n) is 4.99. The highest BCUT2D eigenvalue weighted by Crippen LogP contribution is 2.34. The number of carbonyl (C=O) groups is 2. The molecule has 23 heavy (non-hydrogen) atoms. The van der Waals surface area contributed by atoms with Crippen LogP contribution in [-0.2, 0) is 14.3 Å². The number of hydrogen-bond acceptors (Lipinski definition) is 4. The lowest BCUT2D eigenvalue weighted by Crippen LogP contribution is -2.63. The number of carboxylic acid groups (broad SMARTS) is 1. The third-order valence-corrected chi connectivity index (χ3v) is 4.99. The van der Waals surface area contributed by atoms with E-state index in [1.165, 1.54) is 6.92 Å². The van der Waals surface area contributed by atoms with Gasteiger partial charge in [-0.15, -0.1) is 0 Å². The van der Waals surface area contributed by atoms with Crippen molar-refractivity contribution in [2.45, 2.75) is 70.7 Å². The van der Waals surface area contributed by atoms with Crippen molar-refractivity contribution in [2.75, 3.05) is 7.11 Å². The molecular formula is C17H30N2O4. The molecule has 6 nitrogen and oxygen atoms in total. The molecule has 0 aromatic rings. The van der Waals surface area contributed by atoms with E-state index in [-0.39, 0.29) is 23.9 Å². The molecule has 1 heterocycles. The molecule has 1 amide bonds. The highest BCUT2D eigenvalue weighted by molar-refractivity contribution is 5.75. The van der Waals surface area contributed by atoms with Gasteiger partial charge in [-0.2, -0.15) is 0 Å². The van der Waals surface area contributed by atoms with Gasteiger partial charge in [-0.1, -0.05) is 26.0 Å². The minimum Gasteiger partial charge on any atom is -0.480 e. The van der Waals surface area contributed by atoms with E-state index in [9.17, 15) is 14.7 Å². The van der Waals surface area contributed by atoms with Crippen LogP contribution in [0.2, 0.25) is 0 Å². The first-order valence-corrected chi connectivity index (χ1v) is 8.29. The van der Waals surface area contributed by atoms with Gasteiger partial charge in [0.05, 0.1) is 11.6 Å². The molecule has 6 heteroatoms. The van der Waals surface area contributed by atoms with Crippen molar-refractivity contribution in [1.82, 2.24) is 10.6 Å². The Morgan fingerprint density at radius 1 is 1.43 bits per heavy atom. The number of allylic oxidation sites excluding steroid dienone is 1. The fourth-order valence-electron chi connectivity index (χ4n) is 3.68. The van der Waals surface area contributed by atoms with Crippen molar-refractivity contribution in [3.05, 3.63) is 12.2 Å². The molecule has 1 saturated heterocycles. The maximum atomic E-state index is 11.8. The Labute approximate surface area is 138 Å². The van der Waals surface area contributed by atoms with E-state index < -0.39 is 17.6 Å². The van der Waals surface area contributed by atoms with Crippen molar-refractivity contribution in [2.24, 2.45) is 5.92 Å². The number of amides is 1. The maximum Gasteiger partial charge on any atom is 0.320 e. The van der Waals surface area contributed by atoms with Gasteiger partial charge in [0.2, 0.25) is 5.91 Å². The Balaban J connectivity index is 3.22. The molecule has 0 spiro atoms. The fraction of sp³-hybridized carbons (Fsp3) is 0.765. The number of hydrogen-bond donors (Lipinski definition) is 3. The molecule has 3 N–H and O–H groups in total. The lowest BCUT2D eigenvalue weighted by molar-refractivity contribution is -0.139. The van der Waals surface area contributed by atoms with Gasteiger partial charge in [-0.3, -0.25) is 14.9 Å². The van der Waals surface area contributed by atoms with Gasteiger partial charge in [-0.05, 0) is 32.1 Å². The molecule has 1 rings (SSSR count). The number of ether oxygens (including phenoxy) is 1. The van der Waals surface area contributed by atoms with Gasteiger partial charge in [0, 0.05) is 20.1 Å². The Morgan fingerprint density at radius 2 is 2.04 bits per heavy atom. The van der Waals surface area contributed by atoms with Gasteiger partial charge in [0.1, 0.15) is 6.04 Å². The number of nitrogens with one attached hydrogen (secondary N) is 2. The molecule has 1 aliphatic heterocycles. The Bertz CT molecular complexity index is 438. The van der Waals surface area contributed by atoms with Gasteiger partial charge in [-0.25, -0.2) is 0 Å². The number of aliphatic carboxylic acids is 1. The smallest absolute Gasteiger partial charge is 0.320 e. The van der Waals surface area contributed by atoms with Crippen LogP contribution in [0.1, 0.15) is 47.0 Å². The quantitative estimate of drug-likeness (QED) is 0.591. The lowest BCUT2D eigenvalue weighted by Gasteiger charge is -2.43. The largest absolute Gasteiger partial charge is 0.480 e. The fourth-order valence-corrected chi connectivity index (χ4v) is 3.68. The zero-order valence-corrected chi connectivity index (χ0v) is 14.8. The van der Waals surface area contributed by atoms with Gasteiger partial charge in [0.15, 0.2) is 0 Å². The second-order valence-electron chi connectivity index (χ2n) is 6.16. The summed E-state index contributed by atoms with van der Waals surface area (Å²) in [4.78, 5) is 23.2. The minimum absolute atomic E-state index is 0.0329. The molecule has 0 saturated carbocycles. The van der Waals surface area contributed by atoms with Crippen LogP contribution in [0, 0.1) is 5.92 Å². The Kier molecular flexibility index (Phi) is 7.22. The van der Waals surface area contributed by atoms with E-state index in [0.29, 0.717) is 6.42 Å². The van der Waals surface area contributed by atoms with Gasteiger partial charge in [0.25, 0.3) is 0 Å². The number of carboxylic acids is 1. The molecule has 0 aromatic heterocycles. The second kappa shape index (κ2) is 8.45. The molecule has 1 fully saturated rings. The van der Waals surface area contributed by atoms with Crippen LogP contribution in [-0.4, -0.2) is 47.8 Å². The molecule has 1 aliphatic rings. The van der Waals surface area contributed by atoms with Crippen LogP contribution < -0.4 is 10.6 Å². The molecule has 0 radical (unpaired) electrons.